The molecule has 1 unspecified atom stereocenters. The number of amides is 1. The van der Waals surface area contributed by atoms with E-state index in [4.69, 9.17) is 5.73 Å². The molecule has 0 fully saturated rings. The van der Waals surface area contributed by atoms with Crippen molar-refractivity contribution in [2.24, 2.45) is 0 Å². The van der Waals surface area contributed by atoms with Gasteiger partial charge in [0.2, 0.25) is 0 Å². The summed E-state index contributed by atoms with van der Waals surface area (Å²) in [5.74, 6) is -0.177. The van der Waals surface area contributed by atoms with Crippen molar-refractivity contribution >= 4 is 11.6 Å². The molecule has 0 spiro atoms. The van der Waals surface area contributed by atoms with Crippen LogP contribution in [-0.2, 0) is 0 Å². The Labute approximate surface area is 102 Å². The molecular weight excluding hydrogens is 216 g/mol. The number of carbonyl (C=O) groups is 1. The Balaban J connectivity index is 2.49. The van der Waals surface area contributed by atoms with E-state index in [1.807, 2.05) is 21.0 Å². The van der Waals surface area contributed by atoms with E-state index in [1.165, 1.54) is 6.20 Å². The van der Waals surface area contributed by atoms with Gasteiger partial charge < -0.3 is 16.0 Å². The predicted octanol–water partition coefficient (Wildman–Crippen LogP) is 0.734. The molecule has 1 aromatic heterocycles. The molecule has 1 rings (SSSR count). The standard InChI is InChI=1S/C12H20N4O/c1-9(5-7-16(2)3)15-12(17)11-8-10(13)4-6-14-11/h4,6,8-9H,5,7H2,1-3H3,(H2,13,14)(H,15,17). The average Bonchev–Trinajstić information content (AvgIpc) is 2.26. The SMILES string of the molecule is CC(CCN(C)C)NC(=O)c1cc(N)ccn1. The van der Waals surface area contributed by atoms with Gasteiger partial charge in [0, 0.05) is 17.9 Å². The van der Waals surface area contributed by atoms with Gasteiger partial charge in [0.15, 0.2) is 0 Å². The number of hydrogen-bond donors (Lipinski definition) is 2. The molecule has 5 nitrogen and oxygen atoms in total. The topological polar surface area (TPSA) is 71.2 Å². The van der Waals surface area contributed by atoms with E-state index in [0.29, 0.717) is 11.4 Å². The highest BCUT2D eigenvalue weighted by molar-refractivity contribution is 5.93. The second kappa shape index (κ2) is 6.20. The molecular formula is C12H20N4O. The van der Waals surface area contributed by atoms with Gasteiger partial charge in [-0.15, -0.1) is 0 Å². The van der Waals surface area contributed by atoms with E-state index in [9.17, 15) is 4.79 Å². The maximum Gasteiger partial charge on any atom is 0.270 e. The number of carbonyl (C=O) groups excluding carboxylic acids is 1. The van der Waals surface area contributed by atoms with Crippen molar-refractivity contribution in [3.05, 3.63) is 24.0 Å². The molecule has 3 N–H and O–H groups in total. The lowest BCUT2D eigenvalue weighted by molar-refractivity contribution is 0.0932. The molecule has 0 aliphatic rings. The molecule has 5 heteroatoms. The molecule has 1 amide bonds. The molecule has 94 valence electrons. The third-order valence-corrected chi connectivity index (χ3v) is 2.40. The summed E-state index contributed by atoms with van der Waals surface area (Å²) in [7, 11) is 4.02. The minimum atomic E-state index is -0.177. The third-order valence-electron chi connectivity index (χ3n) is 2.40. The van der Waals surface area contributed by atoms with Gasteiger partial charge in [0.25, 0.3) is 5.91 Å². The monoisotopic (exact) mass is 236 g/mol. The third kappa shape index (κ3) is 4.82. The molecule has 0 saturated carbocycles. The van der Waals surface area contributed by atoms with Crippen LogP contribution in [0.3, 0.4) is 0 Å². The van der Waals surface area contributed by atoms with E-state index in [2.05, 4.69) is 15.2 Å². The summed E-state index contributed by atoms with van der Waals surface area (Å²) in [5.41, 5.74) is 6.51. The van der Waals surface area contributed by atoms with Gasteiger partial charge in [-0.05, 0) is 46.1 Å². The molecule has 1 heterocycles. The Morgan fingerprint density at radius 1 is 1.59 bits per heavy atom. The quantitative estimate of drug-likeness (QED) is 0.790. The number of nitrogen functional groups attached to an aromatic ring is 1. The summed E-state index contributed by atoms with van der Waals surface area (Å²) in [4.78, 5) is 17.9. The summed E-state index contributed by atoms with van der Waals surface area (Å²) in [6.07, 6.45) is 2.44. The van der Waals surface area contributed by atoms with Crippen LogP contribution in [0.2, 0.25) is 0 Å². The highest BCUT2D eigenvalue weighted by Gasteiger charge is 2.11. The Bertz CT molecular complexity index is 379. The van der Waals surface area contributed by atoms with Crippen LogP contribution in [0.25, 0.3) is 0 Å². The van der Waals surface area contributed by atoms with E-state index in [1.54, 1.807) is 12.1 Å². The minimum Gasteiger partial charge on any atom is -0.399 e. The molecule has 1 atom stereocenters. The summed E-state index contributed by atoms with van der Waals surface area (Å²) >= 11 is 0. The number of nitrogens with one attached hydrogen (secondary N) is 1. The van der Waals surface area contributed by atoms with Gasteiger partial charge >= 0.3 is 0 Å². The molecule has 0 bridgehead atoms. The zero-order chi connectivity index (χ0) is 12.8. The van der Waals surface area contributed by atoms with Crippen LogP contribution in [0.1, 0.15) is 23.8 Å². The Morgan fingerprint density at radius 3 is 2.88 bits per heavy atom. The number of pyridine rings is 1. The van der Waals surface area contributed by atoms with Crippen LogP contribution in [0.4, 0.5) is 5.69 Å². The molecule has 0 aliphatic heterocycles. The predicted molar refractivity (Wildman–Crippen MR) is 68.7 cm³/mol. The molecule has 0 aliphatic carbocycles. The molecule has 0 saturated heterocycles. The fourth-order valence-corrected chi connectivity index (χ4v) is 1.39. The first-order chi connectivity index (χ1) is 7.99. The van der Waals surface area contributed by atoms with Crippen molar-refractivity contribution in [1.29, 1.82) is 0 Å². The summed E-state index contributed by atoms with van der Waals surface area (Å²) in [5, 5.41) is 2.90. The van der Waals surface area contributed by atoms with Crippen molar-refractivity contribution in [1.82, 2.24) is 15.2 Å². The van der Waals surface area contributed by atoms with Gasteiger partial charge in [-0.25, -0.2) is 0 Å². The van der Waals surface area contributed by atoms with Gasteiger partial charge in [0.05, 0.1) is 0 Å². The first-order valence-corrected chi connectivity index (χ1v) is 5.66. The van der Waals surface area contributed by atoms with E-state index >= 15 is 0 Å². The number of anilines is 1. The Kier molecular flexibility index (Phi) is 4.90. The van der Waals surface area contributed by atoms with Crippen molar-refractivity contribution in [3.8, 4) is 0 Å². The maximum absolute atomic E-state index is 11.8. The fraction of sp³-hybridized carbons (Fsp3) is 0.500. The lowest BCUT2D eigenvalue weighted by Crippen LogP contribution is -2.35. The Morgan fingerprint density at radius 2 is 2.29 bits per heavy atom. The number of nitrogens with two attached hydrogens (primary N) is 1. The average molecular weight is 236 g/mol. The highest BCUT2D eigenvalue weighted by atomic mass is 16.1. The van der Waals surface area contributed by atoms with Gasteiger partial charge in [-0.2, -0.15) is 0 Å². The van der Waals surface area contributed by atoms with E-state index < -0.39 is 0 Å². The number of nitrogens with zero attached hydrogens (tertiary/aromatic N) is 2. The first kappa shape index (κ1) is 13.4. The molecule has 1 aromatic rings. The minimum absolute atomic E-state index is 0.119. The van der Waals surface area contributed by atoms with Crippen LogP contribution in [0.15, 0.2) is 18.3 Å². The second-order valence-corrected chi connectivity index (χ2v) is 4.44. The summed E-state index contributed by atoms with van der Waals surface area (Å²) in [6.45, 7) is 2.92. The molecule has 17 heavy (non-hydrogen) atoms. The van der Waals surface area contributed by atoms with Crippen LogP contribution in [0.5, 0.6) is 0 Å². The number of hydrogen-bond acceptors (Lipinski definition) is 4. The largest absolute Gasteiger partial charge is 0.399 e. The van der Waals surface area contributed by atoms with Crippen molar-refractivity contribution in [2.45, 2.75) is 19.4 Å². The summed E-state index contributed by atoms with van der Waals surface area (Å²) in [6, 6.07) is 3.35. The molecule has 0 radical (unpaired) electrons. The van der Waals surface area contributed by atoms with Crippen molar-refractivity contribution in [2.75, 3.05) is 26.4 Å². The van der Waals surface area contributed by atoms with E-state index in [-0.39, 0.29) is 11.9 Å². The second-order valence-electron chi connectivity index (χ2n) is 4.44. The van der Waals surface area contributed by atoms with Crippen LogP contribution in [0, 0.1) is 0 Å². The van der Waals surface area contributed by atoms with Crippen molar-refractivity contribution < 1.29 is 4.79 Å². The fourth-order valence-electron chi connectivity index (χ4n) is 1.39. The Hall–Kier alpha value is -1.62. The lowest BCUT2D eigenvalue weighted by Gasteiger charge is -2.16. The van der Waals surface area contributed by atoms with Gasteiger partial charge in [-0.1, -0.05) is 0 Å². The van der Waals surface area contributed by atoms with Crippen LogP contribution < -0.4 is 11.1 Å². The zero-order valence-corrected chi connectivity index (χ0v) is 10.6. The first-order valence-electron chi connectivity index (χ1n) is 5.66. The normalized spacial score (nSPS) is 12.5. The summed E-state index contributed by atoms with van der Waals surface area (Å²) < 4.78 is 0. The smallest absolute Gasteiger partial charge is 0.270 e. The van der Waals surface area contributed by atoms with Crippen molar-refractivity contribution in [3.63, 3.8) is 0 Å². The van der Waals surface area contributed by atoms with Gasteiger partial charge in [-0.3, -0.25) is 9.78 Å². The zero-order valence-electron chi connectivity index (χ0n) is 10.6. The van der Waals surface area contributed by atoms with Crippen LogP contribution >= 0.6 is 0 Å². The maximum atomic E-state index is 11.8. The molecule has 0 aromatic carbocycles. The number of rotatable bonds is 5. The van der Waals surface area contributed by atoms with Crippen LogP contribution in [-0.4, -0.2) is 42.5 Å². The van der Waals surface area contributed by atoms with Gasteiger partial charge in [0.1, 0.15) is 5.69 Å². The highest BCUT2D eigenvalue weighted by Crippen LogP contribution is 2.03. The lowest BCUT2D eigenvalue weighted by atomic mass is 10.2. The van der Waals surface area contributed by atoms with E-state index in [0.717, 1.165) is 13.0 Å². The number of aromatic nitrogens is 1.